The van der Waals surface area contributed by atoms with Crippen molar-refractivity contribution >= 4 is 5.91 Å². The van der Waals surface area contributed by atoms with Crippen LogP contribution in [0.1, 0.15) is 328 Å². The van der Waals surface area contributed by atoms with E-state index in [0.29, 0.717) is 12.8 Å². The second kappa shape index (κ2) is 56.5. The van der Waals surface area contributed by atoms with Gasteiger partial charge in [0.2, 0.25) is 5.91 Å². The summed E-state index contributed by atoms with van der Waals surface area (Å²) >= 11 is 0. The molecule has 0 aromatic rings. The Morgan fingerprint density at radius 1 is 0.424 bits per heavy atom. The van der Waals surface area contributed by atoms with Gasteiger partial charge in [0.15, 0.2) is 12.6 Å². The van der Waals surface area contributed by atoms with Gasteiger partial charge in [-0.2, -0.15) is 0 Å². The Kier molecular flexibility index (Phi) is 52.8. The number of unbranched alkanes of at least 4 members (excludes halogenated alkanes) is 43. The molecular weight excluding hydrogens is 1070 g/mol. The molecule has 502 valence electrons. The highest BCUT2D eigenvalue weighted by atomic mass is 16.7. The second-order valence-corrected chi connectivity index (χ2v) is 25.7. The standard InChI is InChI=1S/C71H135NO13/c1-3-5-7-9-11-13-15-17-19-21-23-25-27-29-30-31-33-35-37-39-41-43-45-47-49-51-53-55-63(76)72-59(58-82-70-68(81)66(79)69(62(57-74)84-70)85-71-67(80)65(78)64(77)61(56-73)83-71)60(75)54-52-50-48-46-44-42-40-38-36-34-32-28-26-24-22-20-18-16-14-12-10-8-6-4-2/h15,17,21,23,59-62,64-71,73-75,77-81H,3-14,16,18-20,22,24-58H2,1-2H3,(H,72,76)/b17-15-,23-21-. The molecule has 2 aliphatic heterocycles. The average molecular weight is 1210 g/mol. The number of hydrogen-bond acceptors (Lipinski definition) is 13. The van der Waals surface area contributed by atoms with Gasteiger partial charge in [-0.25, -0.2) is 0 Å². The van der Waals surface area contributed by atoms with E-state index in [1.165, 1.54) is 244 Å². The number of allylic oxidation sites excluding steroid dienone is 4. The fourth-order valence-corrected chi connectivity index (χ4v) is 12.2. The number of amides is 1. The van der Waals surface area contributed by atoms with E-state index in [0.717, 1.165) is 57.8 Å². The lowest BCUT2D eigenvalue weighted by molar-refractivity contribution is -0.359. The maximum absolute atomic E-state index is 13.4. The summed E-state index contributed by atoms with van der Waals surface area (Å²) in [7, 11) is 0. The van der Waals surface area contributed by atoms with Crippen LogP contribution in [0.15, 0.2) is 24.3 Å². The third-order valence-electron chi connectivity index (χ3n) is 17.9. The predicted molar refractivity (Wildman–Crippen MR) is 346 cm³/mol. The number of aliphatic hydroxyl groups excluding tert-OH is 8. The molecule has 2 heterocycles. The summed E-state index contributed by atoms with van der Waals surface area (Å²) in [5.74, 6) is -0.201. The molecule has 0 saturated carbocycles. The summed E-state index contributed by atoms with van der Waals surface area (Å²) in [6.07, 6.45) is 53.3. The lowest BCUT2D eigenvalue weighted by atomic mass is 9.97. The molecule has 2 saturated heterocycles. The van der Waals surface area contributed by atoms with Crippen LogP contribution >= 0.6 is 0 Å². The van der Waals surface area contributed by atoms with Crippen LogP contribution in [0.2, 0.25) is 0 Å². The van der Waals surface area contributed by atoms with Crippen LogP contribution < -0.4 is 5.32 Å². The number of rotatable bonds is 60. The first-order valence-electron chi connectivity index (χ1n) is 36.1. The van der Waals surface area contributed by atoms with Crippen LogP contribution in [0, 0.1) is 0 Å². The van der Waals surface area contributed by atoms with Crippen molar-refractivity contribution in [3.05, 3.63) is 24.3 Å². The van der Waals surface area contributed by atoms with Crippen molar-refractivity contribution in [2.24, 2.45) is 0 Å². The first kappa shape index (κ1) is 79.6. The fourth-order valence-electron chi connectivity index (χ4n) is 12.2. The smallest absolute Gasteiger partial charge is 0.220 e. The molecule has 0 aromatic carbocycles. The monoisotopic (exact) mass is 1210 g/mol. The third kappa shape index (κ3) is 40.8. The van der Waals surface area contributed by atoms with Gasteiger partial charge < -0.3 is 65.1 Å². The maximum Gasteiger partial charge on any atom is 0.220 e. The average Bonchev–Trinajstić information content (AvgIpc) is 3.68. The number of carbonyl (C=O) groups is 1. The van der Waals surface area contributed by atoms with Gasteiger partial charge in [-0.05, 0) is 44.9 Å². The molecule has 12 atom stereocenters. The van der Waals surface area contributed by atoms with Crippen molar-refractivity contribution in [3.8, 4) is 0 Å². The molecular formula is C71H135NO13. The Morgan fingerprint density at radius 2 is 0.776 bits per heavy atom. The molecule has 0 radical (unpaired) electrons. The number of hydrogen-bond donors (Lipinski definition) is 9. The van der Waals surface area contributed by atoms with E-state index < -0.39 is 86.8 Å². The van der Waals surface area contributed by atoms with Crippen LogP contribution in [0.25, 0.3) is 0 Å². The van der Waals surface area contributed by atoms with Gasteiger partial charge in [-0.3, -0.25) is 4.79 Å². The first-order chi connectivity index (χ1) is 41.6. The molecule has 9 N–H and O–H groups in total. The van der Waals surface area contributed by atoms with Gasteiger partial charge in [0.25, 0.3) is 0 Å². The minimum absolute atomic E-state index is 0.201. The third-order valence-corrected chi connectivity index (χ3v) is 17.9. The zero-order valence-electron chi connectivity index (χ0n) is 54.6. The lowest BCUT2D eigenvalue weighted by Gasteiger charge is -2.46. The van der Waals surface area contributed by atoms with Gasteiger partial charge in [-0.15, -0.1) is 0 Å². The Balaban J connectivity index is 1.66. The highest BCUT2D eigenvalue weighted by molar-refractivity contribution is 5.76. The number of nitrogens with one attached hydrogen (secondary N) is 1. The van der Waals surface area contributed by atoms with Crippen molar-refractivity contribution in [1.29, 1.82) is 0 Å². The van der Waals surface area contributed by atoms with Crippen LogP contribution in [-0.4, -0.2) is 140 Å². The summed E-state index contributed by atoms with van der Waals surface area (Å²) in [5, 5.41) is 87.7. The molecule has 14 heteroatoms. The van der Waals surface area contributed by atoms with E-state index in [1.807, 2.05) is 0 Å². The fraction of sp³-hybridized carbons (Fsp3) is 0.930. The van der Waals surface area contributed by atoms with Gasteiger partial charge in [0.1, 0.15) is 48.8 Å². The molecule has 2 aliphatic rings. The first-order valence-corrected chi connectivity index (χ1v) is 36.1. The van der Waals surface area contributed by atoms with E-state index in [4.69, 9.17) is 18.9 Å². The Bertz CT molecular complexity index is 1520. The topological polar surface area (TPSA) is 228 Å². The van der Waals surface area contributed by atoms with Crippen molar-refractivity contribution in [1.82, 2.24) is 5.32 Å². The molecule has 0 aliphatic carbocycles. The molecule has 14 nitrogen and oxygen atoms in total. The quantitative estimate of drug-likeness (QED) is 0.0204. The highest BCUT2D eigenvalue weighted by Gasteiger charge is 2.51. The largest absolute Gasteiger partial charge is 0.394 e. The normalized spacial score (nSPS) is 23.6. The minimum Gasteiger partial charge on any atom is -0.394 e. The second-order valence-electron chi connectivity index (χ2n) is 25.7. The van der Waals surface area contributed by atoms with E-state index in [2.05, 4.69) is 43.5 Å². The number of carbonyl (C=O) groups excluding carboxylic acids is 1. The Morgan fingerprint density at radius 3 is 1.18 bits per heavy atom. The SMILES string of the molecule is CCCCCCC/C=C\C/C=C\CCCCCCCCCCCCCCCCCC(=O)NC(COC1OC(CO)C(OC2OC(CO)C(O)C(O)C2O)C(O)C1O)C(O)CCCCCCCCCCCCCCCCCCCCCCCCCC. The van der Waals surface area contributed by atoms with E-state index in [1.54, 1.807) is 0 Å². The van der Waals surface area contributed by atoms with E-state index in [-0.39, 0.29) is 12.5 Å². The van der Waals surface area contributed by atoms with Crippen molar-refractivity contribution in [2.75, 3.05) is 19.8 Å². The van der Waals surface area contributed by atoms with Crippen LogP contribution in [0.5, 0.6) is 0 Å². The molecule has 12 unspecified atom stereocenters. The molecule has 2 rings (SSSR count). The van der Waals surface area contributed by atoms with Gasteiger partial charge >= 0.3 is 0 Å². The van der Waals surface area contributed by atoms with E-state index in [9.17, 15) is 45.6 Å². The van der Waals surface area contributed by atoms with Crippen molar-refractivity contribution in [2.45, 2.75) is 402 Å². The highest BCUT2D eigenvalue weighted by Crippen LogP contribution is 2.30. The predicted octanol–water partition coefficient (Wildman–Crippen LogP) is 14.7. The van der Waals surface area contributed by atoms with Crippen LogP contribution in [-0.2, 0) is 23.7 Å². The summed E-state index contributed by atoms with van der Waals surface area (Å²) < 4.78 is 22.9. The summed E-state index contributed by atoms with van der Waals surface area (Å²) in [6, 6.07) is -0.828. The summed E-state index contributed by atoms with van der Waals surface area (Å²) in [4.78, 5) is 13.4. The molecule has 0 spiro atoms. The van der Waals surface area contributed by atoms with Crippen molar-refractivity contribution < 1.29 is 64.6 Å². The number of ether oxygens (including phenoxy) is 4. The lowest BCUT2D eigenvalue weighted by Crippen LogP contribution is -2.65. The Hall–Kier alpha value is -1.53. The minimum atomic E-state index is -1.78. The summed E-state index contributed by atoms with van der Waals surface area (Å²) in [6.45, 7) is 2.91. The molecule has 0 bridgehead atoms. The number of aliphatic hydroxyl groups is 8. The van der Waals surface area contributed by atoms with Crippen molar-refractivity contribution in [3.63, 3.8) is 0 Å². The van der Waals surface area contributed by atoms with Gasteiger partial charge in [0.05, 0.1) is 32.0 Å². The zero-order valence-corrected chi connectivity index (χ0v) is 54.6. The molecule has 0 aromatic heterocycles. The van der Waals surface area contributed by atoms with Crippen LogP contribution in [0.3, 0.4) is 0 Å². The van der Waals surface area contributed by atoms with Gasteiger partial charge in [-0.1, -0.05) is 301 Å². The molecule has 1 amide bonds. The van der Waals surface area contributed by atoms with Crippen LogP contribution in [0.4, 0.5) is 0 Å². The van der Waals surface area contributed by atoms with E-state index >= 15 is 0 Å². The summed E-state index contributed by atoms with van der Waals surface area (Å²) in [5.41, 5.74) is 0. The zero-order chi connectivity index (χ0) is 61.6. The molecule has 2 fully saturated rings. The van der Waals surface area contributed by atoms with Gasteiger partial charge in [0, 0.05) is 6.42 Å². The Labute approximate surface area is 519 Å². The molecule has 85 heavy (non-hydrogen) atoms. The maximum atomic E-state index is 13.4.